The van der Waals surface area contributed by atoms with Crippen LogP contribution in [0.15, 0.2) is 48.5 Å². The van der Waals surface area contributed by atoms with Gasteiger partial charge in [-0.05, 0) is 29.3 Å². The van der Waals surface area contributed by atoms with Gasteiger partial charge in [-0.15, -0.1) is 0 Å². The van der Waals surface area contributed by atoms with E-state index in [1.807, 2.05) is 30.3 Å². The minimum Gasteiger partial charge on any atom is -0.493 e. The van der Waals surface area contributed by atoms with E-state index in [1.54, 1.807) is 31.2 Å². The summed E-state index contributed by atoms with van der Waals surface area (Å²) in [7, 11) is 1.51. The molecule has 0 radical (unpaired) electrons. The maximum atomic E-state index is 11.4. The lowest BCUT2D eigenvalue weighted by atomic mass is 10.0. The third kappa shape index (κ3) is 4.21. The van der Waals surface area contributed by atoms with E-state index in [-0.39, 0.29) is 12.4 Å². The number of nitrogens with zero attached hydrogens (tertiary/aromatic N) is 1. The van der Waals surface area contributed by atoms with Gasteiger partial charge >= 0.3 is 5.97 Å². The lowest BCUT2D eigenvalue weighted by Gasteiger charge is -2.09. The number of rotatable bonds is 5. The smallest absolute Gasteiger partial charge is 0.311 e. The molecular formula is C19H17NO3. The summed E-state index contributed by atoms with van der Waals surface area (Å²) in [5.41, 5.74) is 2.18. The first-order valence-corrected chi connectivity index (χ1v) is 7.24. The largest absolute Gasteiger partial charge is 0.493 e. The third-order valence-electron chi connectivity index (χ3n) is 3.22. The van der Waals surface area contributed by atoms with Crippen molar-refractivity contribution in [2.75, 3.05) is 7.11 Å². The minimum absolute atomic E-state index is 0.289. The molecule has 0 unspecified atom stereocenters. The summed E-state index contributed by atoms with van der Waals surface area (Å²) in [6.07, 6.45) is 2.06. The van der Waals surface area contributed by atoms with Crippen LogP contribution in [0.4, 0.5) is 0 Å². The first-order chi connectivity index (χ1) is 11.2. The molecule has 23 heavy (non-hydrogen) atoms. The average Bonchev–Trinajstić information content (AvgIpc) is 2.61. The van der Waals surface area contributed by atoms with E-state index in [0.29, 0.717) is 17.1 Å². The van der Waals surface area contributed by atoms with E-state index < -0.39 is 0 Å². The molecule has 2 aromatic rings. The van der Waals surface area contributed by atoms with Gasteiger partial charge in [0.25, 0.3) is 0 Å². The molecule has 0 saturated heterocycles. The van der Waals surface area contributed by atoms with Crippen LogP contribution in [0.5, 0.6) is 11.5 Å². The topological polar surface area (TPSA) is 59.3 Å². The first-order valence-electron chi connectivity index (χ1n) is 7.24. The Labute approximate surface area is 135 Å². The fourth-order valence-corrected chi connectivity index (χ4v) is 2.02. The minimum atomic E-state index is -0.325. The molecule has 0 aliphatic rings. The van der Waals surface area contributed by atoms with Crippen molar-refractivity contribution in [1.29, 1.82) is 5.26 Å². The Morgan fingerprint density at radius 1 is 1.17 bits per heavy atom. The number of nitriles is 1. The molecule has 116 valence electrons. The molecule has 0 heterocycles. The van der Waals surface area contributed by atoms with Gasteiger partial charge < -0.3 is 9.47 Å². The highest BCUT2D eigenvalue weighted by molar-refractivity contribution is 5.89. The molecule has 0 fully saturated rings. The Hall–Kier alpha value is -3.06. The number of allylic oxidation sites excluding steroid dienone is 1. The lowest BCUT2D eigenvalue weighted by molar-refractivity contribution is -0.134. The highest BCUT2D eigenvalue weighted by Gasteiger charge is 2.09. The second-order valence-corrected chi connectivity index (χ2v) is 4.77. The van der Waals surface area contributed by atoms with Crippen LogP contribution < -0.4 is 9.47 Å². The number of hydrogen-bond donors (Lipinski definition) is 0. The van der Waals surface area contributed by atoms with E-state index in [0.717, 1.165) is 11.1 Å². The number of esters is 1. The van der Waals surface area contributed by atoms with E-state index in [2.05, 4.69) is 6.07 Å². The third-order valence-corrected chi connectivity index (χ3v) is 3.22. The normalized spacial score (nSPS) is 10.7. The van der Waals surface area contributed by atoms with Gasteiger partial charge in [0.2, 0.25) is 0 Å². The zero-order valence-corrected chi connectivity index (χ0v) is 13.1. The molecule has 2 rings (SSSR count). The van der Waals surface area contributed by atoms with Gasteiger partial charge in [0.05, 0.1) is 18.8 Å². The molecule has 4 nitrogen and oxygen atoms in total. The standard InChI is InChI=1S/C19H17NO3/c1-3-19(21)23-17-10-9-14(12-18(17)22-2)11-16(13-20)15-7-5-4-6-8-15/h4-12H,3H2,1-2H3. The highest BCUT2D eigenvalue weighted by atomic mass is 16.6. The fourth-order valence-electron chi connectivity index (χ4n) is 2.02. The van der Waals surface area contributed by atoms with Gasteiger partial charge in [0.15, 0.2) is 11.5 Å². The Kier molecular flexibility index (Phi) is 5.54. The van der Waals surface area contributed by atoms with Crippen molar-refractivity contribution in [3.8, 4) is 17.6 Å². The van der Waals surface area contributed by atoms with Crippen molar-refractivity contribution >= 4 is 17.6 Å². The van der Waals surface area contributed by atoms with Crippen LogP contribution >= 0.6 is 0 Å². The monoisotopic (exact) mass is 307 g/mol. The van der Waals surface area contributed by atoms with E-state index in [1.165, 1.54) is 7.11 Å². The zero-order chi connectivity index (χ0) is 16.7. The summed E-state index contributed by atoms with van der Waals surface area (Å²) in [6, 6.07) is 16.8. The first kappa shape index (κ1) is 16.3. The van der Waals surface area contributed by atoms with Crippen molar-refractivity contribution in [1.82, 2.24) is 0 Å². The van der Waals surface area contributed by atoms with E-state index in [9.17, 15) is 10.1 Å². The van der Waals surface area contributed by atoms with Crippen LogP contribution in [0.3, 0.4) is 0 Å². The van der Waals surface area contributed by atoms with Gasteiger partial charge in [-0.3, -0.25) is 4.79 Å². The van der Waals surface area contributed by atoms with E-state index in [4.69, 9.17) is 9.47 Å². The lowest BCUT2D eigenvalue weighted by Crippen LogP contribution is -2.06. The predicted octanol–water partition coefficient (Wildman–Crippen LogP) is 4.07. The average molecular weight is 307 g/mol. The van der Waals surface area contributed by atoms with Crippen molar-refractivity contribution in [2.45, 2.75) is 13.3 Å². The molecule has 0 aromatic heterocycles. The number of hydrogen-bond acceptors (Lipinski definition) is 4. The number of benzene rings is 2. The number of methoxy groups -OCH3 is 1. The van der Waals surface area contributed by atoms with Gasteiger partial charge in [0, 0.05) is 6.42 Å². The Bertz CT molecular complexity index is 758. The predicted molar refractivity (Wildman–Crippen MR) is 88.8 cm³/mol. The van der Waals surface area contributed by atoms with E-state index >= 15 is 0 Å². The van der Waals surface area contributed by atoms with Crippen LogP contribution in [0.25, 0.3) is 11.6 Å². The molecule has 0 amide bonds. The van der Waals surface area contributed by atoms with Gasteiger partial charge in [-0.1, -0.05) is 43.3 Å². The summed E-state index contributed by atoms with van der Waals surface area (Å²) in [4.78, 5) is 11.4. The van der Waals surface area contributed by atoms with Crippen LogP contribution in [0.1, 0.15) is 24.5 Å². The maximum Gasteiger partial charge on any atom is 0.311 e. The zero-order valence-electron chi connectivity index (χ0n) is 13.1. The van der Waals surface area contributed by atoms with Crippen LogP contribution in [-0.4, -0.2) is 13.1 Å². The number of carbonyl (C=O) groups excluding carboxylic acids is 1. The van der Waals surface area contributed by atoms with Crippen LogP contribution in [0, 0.1) is 11.3 Å². The molecule has 2 aromatic carbocycles. The SMILES string of the molecule is CCC(=O)Oc1ccc(C=C(C#N)c2ccccc2)cc1OC. The summed E-state index contributed by atoms with van der Waals surface area (Å²) >= 11 is 0. The van der Waals surface area contributed by atoms with Crippen molar-refractivity contribution in [3.63, 3.8) is 0 Å². The molecule has 0 aliphatic heterocycles. The molecular weight excluding hydrogens is 290 g/mol. The van der Waals surface area contributed by atoms with Gasteiger partial charge in [0.1, 0.15) is 0 Å². The highest BCUT2D eigenvalue weighted by Crippen LogP contribution is 2.30. The fraction of sp³-hybridized carbons (Fsp3) is 0.158. The molecule has 0 atom stereocenters. The quantitative estimate of drug-likeness (QED) is 0.361. The maximum absolute atomic E-state index is 11.4. The second kappa shape index (κ2) is 7.81. The van der Waals surface area contributed by atoms with Crippen LogP contribution in [0.2, 0.25) is 0 Å². The number of carbonyl (C=O) groups is 1. The molecule has 0 bridgehead atoms. The summed E-state index contributed by atoms with van der Waals surface area (Å²) < 4.78 is 10.5. The Morgan fingerprint density at radius 2 is 1.91 bits per heavy atom. The van der Waals surface area contributed by atoms with Crippen molar-refractivity contribution in [2.24, 2.45) is 0 Å². The summed E-state index contributed by atoms with van der Waals surface area (Å²) in [6.45, 7) is 1.73. The second-order valence-electron chi connectivity index (χ2n) is 4.77. The molecule has 4 heteroatoms. The molecule has 0 N–H and O–H groups in total. The Balaban J connectivity index is 2.35. The molecule has 0 spiro atoms. The molecule has 0 saturated carbocycles. The summed E-state index contributed by atoms with van der Waals surface area (Å²) in [5.74, 6) is 0.495. The number of ether oxygens (including phenoxy) is 2. The van der Waals surface area contributed by atoms with Gasteiger partial charge in [-0.25, -0.2) is 0 Å². The van der Waals surface area contributed by atoms with Gasteiger partial charge in [-0.2, -0.15) is 5.26 Å². The Morgan fingerprint density at radius 3 is 2.52 bits per heavy atom. The van der Waals surface area contributed by atoms with Crippen LogP contribution in [-0.2, 0) is 4.79 Å². The molecule has 0 aliphatic carbocycles. The summed E-state index contributed by atoms with van der Waals surface area (Å²) in [5, 5.41) is 9.35. The van der Waals surface area contributed by atoms with Crippen molar-refractivity contribution < 1.29 is 14.3 Å². The van der Waals surface area contributed by atoms with Crippen molar-refractivity contribution in [3.05, 3.63) is 59.7 Å².